The van der Waals surface area contributed by atoms with Crippen LogP contribution in [0.4, 0.5) is 4.79 Å². The molecule has 0 aliphatic carbocycles. The molecule has 0 aromatic heterocycles. The Bertz CT molecular complexity index is 385. The summed E-state index contributed by atoms with van der Waals surface area (Å²) in [5.74, 6) is 0. The minimum atomic E-state index is -4.11. The minimum absolute atomic E-state index is 0.117. The zero-order valence-electron chi connectivity index (χ0n) is 7.77. The predicted octanol–water partition coefficient (Wildman–Crippen LogP) is 1.49. The molecule has 0 aromatic carbocycles. The third-order valence-electron chi connectivity index (χ3n) is 1.17. The van der Waals surface area contributed by atoms with Crippen LogP contribution in [0.25, 0.3) is 0 Å². The Hall–Kier alpha value is -1.27. The zero-order chi connectivity index (χ0) is 11.9. The second-order valence-electron chi connectivity index (χ2n) is 2.30. The molecule has 0 saturated carbocycles. The van der Waals surface area contributed by atoms with Crippen LogP contribution >= 0.6 is 10.7 Å². The van der Waals surface area contributed by atoms with E-state index in [9.17, 15) is 13.2 Å². The molecule has 0 fully saturated rings. The first kappa shape index (κ1) is 13.7. The second kappa shape index (κ2) is 6.26. The van der Waals surface area contributed by atoms with E-state index in [1.807, 2.05) is 0 Å². The summed E-state index contributed by atoms with van der Waals surface area (Å²) in [5.41, 5.74) is 0.576. The summed E-state index contributed by atoms with van der Waals surface area (Å²) in [6.07, 6.45) is 3.35. The molecule has 0 rings (SSSR count). The maximum Gasteiger partial charge on any atom is 0.422 e. The molecule has 0 bridgehead atoms. The van der Waals surface area contributed by atoms with Gasteiger partial charge in [0.15, 0.2) is 0 Å². The fourth-order valence-corrected chi connectivity index (χ4v) is 1.05. The molecular weight excluding hydrogens is 242 g/mol. The molecule has 1 amide bonds. The van der Waals surface area contributed by atoms with Gasteiger partial charge in [-0.15, -0.1) is 0 Å². The van der Waals surface area contributed by atoms with Crippen LogP contribution in [0.5, 0.6) is 0 Å². The summed E-state index contributed by atoms with van der Waals surface area (Å²) in [6.45, 7) is 6.78. The lowest BCUT2D eigenvalue weighted by molar-refractivity contribution is 0.163. The van der Waals surface area contributed by atoms with Crippen LogP contribution < -0.4 is 4.72 Å². The Morgan fingerprint density at radius 2 is 2.07 bits per heavy atom. The lowest BCUT2D eigenvalue weighted by Crippen LogP contribution is -2.27. The number of amides is 1. The smallest absolute Gasteiger partial charge is 0.422 e. The number of ether oxygens (including phenoxy) is 1. The summed E-state index contributed by atoms with van der Waals surface area (Å²) in [6, 6.07) is 0. The van der Waals surface area contributed by atoms with Gasteiger partial charge in [-0.1, -0.05) is 31.4 Å². The van der Waals surface area contributed by atoms with E-state index in [4.69, 9.17) is 10.7 Å². The monoisotopic (exact) mass is 251 g/mol. The van der Waals surface area contributed by atoms with Crippen molar-refractivity contribution in [2.45, 2.75) is 0 Å². The standard InChI is InChI=1S/C8H10ClNO4S/c1-3-5-7(4-2)6-14-8(11)10-15(9,12)13/h3-5H,1-2,6H2,(H,10,11)/b7-5+. The van der Waals surface area contributed by atoms with Gasteiger partial charge in [0.1, 0.15) is 6.61 Å². The number of rotatable bonds is 5. The van der Waals surface area contributed by atoms with Gasteiger partial charge in [-0.05, 0) is 5.57 Å². The summed E-state index contributed by atoms with van der Waals surface area (Å²) < 4.78 is 26.7. The number of hydrogen-bond donors (Lipinski definition) is 1. The zero-order valence-corrected chi connectivity index (χ0v) is 9.35. The summed E-state index contributed by atoms with van der Waals surface area (Å²) in [5, 5.41) is 0. The molecule has 0 unspecified atom stereocenters. The third-order valence-corrected chi connectivity index (χ3v) is 1.81. The number of carbonyl (C=O) groups excluding carboxylic acids is 1. The van der Waals surface area contributed by atoms with Crippen LogP contribution in [0.1, 0.15) is 0 Å². The first-order valence-electron chi connectivity index (χ1n) is 3.72. The topological polar surface area (TPSA) is 72.5 Å². The van der Waals surface area contributed by atoms with Crippen molar-refractivity contribution in [3.63, 3.8) is 0 Å². The molecule has 0 aliphatic rings. The highest BCUT2D eigenvalue weighted by Gasteiger charge is 2.11. The van der Waals surface area contributed by atoms with Crippen molar-refractivity contribution in [3.8, 4) is 0 Å². The van der Waals surface area contributed by atoms with Crippen molar-refractivity contribution in [1.82, 2.24) is 4.72 Å². The second-order valence-corrected chi connectivity index (χ2v) is 4.60. The number of nitrogens with one attached hydrogen (secondary N) is 1. The molecule has 0 aromatic rings. The average molecular weight is 252 g/mol. The van der Waals surface area contributed by atoms with Crippen molar-refractivity contribution < 1.29 is 17.9 Å². The maximum atomic E-state index is 10.8. The van der Waals surface area contributed by atoms with Crippen molar-refractivity contribution in [1.29, 1.82) is 0 Å². The number of allylic oxidation sites excluding steroid dienone is 2. The molecule has 0 radical (unpaired) electrons. The van der Waals surface area contributed by atoms with Crippen LogP contribution in [-0.4, -0.2) is 21.1 Å². The largest absolute Gasteiger partial charge is 0.444 e. The molecule has 7 heteroatoms. The van der Waals surface area contributed by atoms with Crippen LogP contribution in [0.3, 0.4) is 0 Å². The highest BCUT2D eigenvalue weighted by molar-refractivity contribution is 8.12. The molecule has 84 valence electrons. The number of hydrogen-bond acceptors (Lipinski definition) is 4. The van der Waals surface area contributed by atoms with E-state index in [1.165, 1.54) is 16.9 Å². The lowest BCUT2D eigenvalue weighted by Gasteiger charge is -2.04. The predicted molar refractivity (Wildman–Crippen MR) is 57.7 cm³/mol. The van der Waals surface area contributed by atoms with E-state index in [2.05, 4.69) is 17.9 Å². The van der Waals surface area contributed by atoms with E-state index in [-0.39, 0.29) is 6.61 Å². The lowest BCUT2D eigenvalue weighted by atomic mass is 10.2. The summed E-state index contributed by atoms with van der Waals surface area (Å²) in [4.78, 5) is 10.8. The summed E-state index contributed by atoms with van der Waals surface area (Å²) >= 11 is 0. The van der Waals surface area contributed by atoms with Gasteiger partial charge in [-0.3, -0.25) is 0 Å². The van der Waals surface area contributed by atoms with Gasteiger partial charge >= 0.3 is 15.3 Å². The molecule has 0 aliphatic heterocycles. The van der Waals surface area contributed by atoms with E-state index in [0.29, 0.717) is 5.57 Å². The van der Waals surface area contributed by atoms with Gasteiger partial charge in [0.05, 0.1) is 0 Å². The van der Waals surface area contributed by atoms with E-state index in [1.54, 1.807) is 6.08 Å². The Morgan fingerprint density at radius 3 is 2.47 bits per heavy atom. The van der Waals surface area contributed by atoms with Crippen molar-refractivity contribution in [2.75, 3.05) is 6.61 Å². The number of halogens is 1. The van der Waals surface area contributed by atoms with Crippen LogP contribution in [0, 0.1) is 0 Å². The SMILES string of the molecule is C=C/C=C(\C=C)COC(=O)NS(=O)(=O)Cl. The Kier molecular flexibility index (Phi) is 5.73. The van der Waals surface area contributed by atoms with Crippen LogP contribution in [0.2, 0.25) is 0 Å². The van der Waals surface area contributed by atoms with Gasteiger partial charge in [-0.25, -0.2) is 9.52 Å². The van der Waals surface area contributed by atoms with Crippen molar-refractivity contribution in [2.24, 2.45) is 0 Å². The van der Waals surface area contributed by atoms with Crippen molar-refractivity contribution >= 4 is 26.0 Å². The molecule has 5 nitrogen and oxygen atoms in total. The fraction of sp³-hybridized carbons (Fsp3) is 0.125. The summed E-state index contributed by atoms with van der Waals surface area (Å²) in [7, 11) is 0.640. The molecule has 0 heterocycles. The third kappa shape index (κ3) is 7.77. The Morgan fingerprint density at radius 1 is 1.47 bits per heavy atom. The highest BCUT2D eigenvalue weighted by atomic mass is 35.7. The number of carbonyl (C=O) groups is 1. The van der Waals surface area contributed by atoms with E-state index >= 15 is 0 Å². The Balaban J connectivity index is 4.17. The maximum absolute atomic E-state index is 10.8. The van der Waals surface area contributed by atoms with Crippen LogP contribution in [0.15, 0.2) is 37.0 Å². The molecule has 1 N–H and O–H groups in total. The Labute approximate surface area is 92.6 Å². The van der Waals surface area contributed by atoms with E-state index in [0.717, 1.165) is 0 Å². The van der Waals surface area contributed by atoms with E-state index < -0.39 is 15.3 Å². The minimum Gasteiger partial charge on any atom is -0.444 e. The molecule has 15 heavy (non-hydrogen) atoms. The molecule has 0 saturated heterocycles. The molecular formula is C8H10ClNO4S. The average Bonchev–Trinajstić information content (AvgIpc) is 2.09. The van der Waals surface area contributed by atoms with Gasteiger partial charge in [0, 0.05) is 10.7 Å². The van der Waals surface area contributed by atoms with Gasteiger partial charge in [0.25, 0.3) is 0 Å². The molecule has 0 atom stereocenters. The highest BCUT2D eigenvalue weighted by Crippen LogP contribution is 1.98. The quantitative estimate of drug-likeness (QED) is 0.594. The van der Waals surface area contributed by atoms with Gasteiger partial charge in [0.2, 0.25) is 0 Å². The molecule has 0 spiro atoms. The van der Waals surface area contributed by atoms with Gasteiger partial charge in [-0.2, -0.15) is 8.42 Å². The van der Waals surface area contributed by atoms with Crippen molar-refractivity contribution in [3.05, 3.63) is 37.0 Å². The normalized spacial score (nSPS) is 11.7. The first-order chi connectivity index (χ1) is 6.89. The van der Waals surface area contributed by atoms with Gasteiger partial charge < -0.3 is 4.74 Å². The first-order valence-corrected chi connectivity index (χ1v) is 6.03. The fourth-order valence-electron chi connectivity index (χ4n) is 0.604. The van der Waals surface area contributed by atoms with Crippen LogP contribution in [-0.2, 0) is 14.0 Å².